The van der Waals surface area contributed by atoms with Crippen LogP contribution >= 0.6 is 11.3 Å². The van der Waals surface area contributed by atoms with Gasteiger partial charge in [-0.3, -0.25) is 9.69 Å². The van der Waals surface area contributed by atoms with Crippen LogP contribution in [0.2, 0.25) is 0 Å². The number of likely N-dealkylation sites (N-methyl/N-ethyl adjacent to an activating group) is 1. The van der Waals surface area contributed by atoms with E-state index >= 15 is 0 Å². The van der Waals surface area contributed by atoms with E-state index in [0.29, 0.717) is 31.1 Å². The van der Waals surface area contributed by atoms with E-state index in [0.717, 1.165) is 10.4 Å². The van der Waals surface area contributed by atoms with Gasteiger partial charge in [0.1, 0.15) is 0 Å². The molecule has 124 valence electrons. The smallest absolute Gasteiger partial charge is 0.234 e. The number of rotatable bonds is 8. The lowest BCUT2D eigenvalue weighted by Crippen LogP contribution is -2.34. The van der Waals surface area contributed by atoms with Gasteiger partial charge in [0.15, 0.2) is 11.5 Å². The van der Waals surface area contributed by atoms with Crippen molar-refractivity contribution in [3.8, 4) is 11.5 Å². The summed E-state index contributed by atoms with van der Waals surface area (Å²) in [5, 5.41) is 4.93. The Morgan fingerprint density at radius 2 is 2.04 bits per heavy atom. The van der Waals surface area contributed by atoms with Crippen LogP contribution in [0.5, 0.6) is 11.5 Å². The predicted octanol–water partition coefficient (Wildman–Crippen LogP) is 2.51. The molecule has 5 nitrogen and oxygen atoms in total. The average molecular weight is 334 g/mol. The number of hydrogen-bond donors (Lipinski definition) is 1. The number of carbonyl (C=O) groups is 1. The Hall–Kier alpha value is -2.05. The Kier molecular flexibility index (Phi) is 6.43. The van der Waals surface area contributed by atoms with Gasteiger partial charge in [-0.1, -0.05) is 18.2 Å². The van der Waals surface area contributed by atoms with Crippen LogP contribution in [0.3, 0.4) is 0 Å². The van der Waals surface area contributed by atoms with Gasteiger partial charge in [-0.25, -0.2) is 0 Å². The van der Waals surface area contributed by atoms with Gasteiger partial charge in [0.25, 0.3) is 0 Å². The molecule has 1 amide bonds. The lowest BCUT2D eigenvalue weighted by Gasteiger charge is -2.19. The fourth-order valence-electron chi connectivity index (χ4n) is 2.32. The van der Waals surface area contributed by atoms with E-state index in [4.69, 9.17) is 9.47 Å². The number of hydrogen-bond acceptors (Lipinski definition) is 5. The number of nitrogens with one attached hydrogen (secondary N) is 1. The lowest BCUT2D eigenvalue weighted by atomic mass is 10.1. The predicted molar refractivity (Wildman–Crippen MR) is 92.0 cm³/mol. The van der Waals surface area contributed by atoms with Crippen LogP contribution in [0.15, 0.2) is 35.7 Å². The molecule has 0 saturated carbocycles. The fraction of sp³-hybridized carbons (Fsp3) is 0.353. The molecule has 0 saturated heterocycles. The Balaban J connectivity index is 1.89. The van der Waals surface area contributed by atoms with Crippen LogP contribution < -0.4 is 14.8 Å². The van der Waals surface area contributed by atoms with E-state index in [1.54, 1.807) is 25.6 Å². The van der Waals surface area contributed by atoms with Crippen molar-refractivity contribution in [2.75, 3.05) is 27.8 Å². The largest absolute Gasteiger partial charge is 0.493 e. The molecule has 2 rings (SSSR count). The lowest BCUT2D eigenvalue weighted by molar-refractivity contribution is -0.122. The summed E-state index contributed by atoms with van der Waals surface area (Å²) in [5.41, 5.74) is 0.986. The Bertz CT molecular complexity index is 629. The number of para-hydroxylation sites is 1. The van der Waals surface area contributed by atoms with Crippen molar-refractivity contribution >= 4 is 17.2 Å². The molecule has 1 aromatic heterocycles. The van der Waals surface area contributed by atoms with Gasteiger partial charge >= 0.3 is 0 Å². The summed E-state index contributed by atoms with van der Waals surface area (Å²) in [6, 6.07) is 9.74. The number of benzene rings is 1. The summed E-state index contributed by atoms with van der Waals surface area (Å²) in [7, 11) is 5.14. The summed E-state index contributed by atoms with van der Waals surface area (Å²) < 4.78 is 10.7. The number of amides is 1. The zero-order valence-corrected chi connectivity index (χ0v) is 14.5. The monoisotopic (exact) mass is 334 g/mol. The van der Waals surface area contributed by atoms with E-state index in [-0.39, 0.29) is 5.91 Å². The van der Waals surface area contributed by atoms with Gasteiger partial charge in [0.2, 0.25) is 5.91 Å². The van der Waals surface area contributed by atoms with E-state index in [1.807, 2.05) is 47.7 Å². The summed E-state index contributed by atoms with van der Waals surface area (Å²) in [5.74, 6) is 1.41. The molecule has 23 heavy (non-hydrogen) atoms. The summed E-state index contributed by atoms with van der Waals surface area (Å²) in [4.78, 5) is 15.1. The van der Waals surface area contributed by atoms with Gasteiger partial charge in [0.05, 0.1) is 27.3 Å². The zero-order chi connectivity index (χ0) is 16.7. The normalized spacial score (nSPS) is 10.6. The van der Waals surface area contributed by atoms with E-state index in [2.05, 4.69) is 5.32 Å². The van der Waals surface area contributed by atoms with Crippen molar-refractivity contribution < 1.29 is 14.3 Å². The van der Waals surface area contributed by atoms with Crippen LogP contribution in [-0.4, -0.2) is 38.6 Å². The van der Waals surface area contributed by atoms with Crippen molar-refractivity contribution in [3.05, 3.63) is 46.2 Å². The molecule has 6 heteroatoms. The molecular formula is C17H22N2O3S. The highest BCUT2D eigenvalue weighted by Gasteiger charge is 2.13. The molecule has 1 aromatic carbocycles. The van der Waals surface area contributed by atoms with Crippen molar-refractivity contribution in [2.24, 2.45) is 0 Å². The number of thiophene rings is 1. The van der Waals surface area contributed by atoms with Gasteiger partial charge < -0.3 is 14.8 Å². The highest BCUT2D eigenvalue weighted by molar-refractivity contribution is 7.09. The number of nitrogens with zero attached hydrogens (tertiary/aromatic N) is 1. The van der Waals surface area contributed by atoms with Gasteiger partial charge in [-0.15, -0.1) is 11.3 Å². The summed E-state index contributed by atoms with van der Waals surface area (Å²) in [6.07, 6.45) is 0. The zero-order valence-electron chi connectivity index (χ0n) is 13.7. The molecule has 1 heterocycles. The Labute approximate surface area is 140 Å². The second-order valence-electron chi connectivity index (χ2n) is 5.18. The van der Waals surface area contributed by atoms with Gasteiger partial charge in [-0.2, -0.15) is 0 Å². The molecule has 0 radical (unpaired) electrons. The molecule has 2 aromatic rings. The molecule has 0 aliphatic carbocycles. The first-order valence-corrected chi connectivity index (χ1v) is 8.19. The second-order valence-corrected chi connectivity index (χ2v) is 6.21. The van der Waals surface area contributed by atoms with Gasteiger partial charge in [0, 0.05) is 17.0 Å². The van der Waals surface area contributed by atoms with Crippen LogP contribution in [0, 0.1) is 0 Å². The molecule has 1 N–H and O–H groups in total. The van der Waals surface area contributed by atoms with E-state index in [1.165, 1.54) is 0 Å². The Morgan fingerprint density at radius 1 is 1.22 bits per heavy atom. The first-order valence-electron chi connectivity index (χ1n) is 7.31. The minimum atomic E-state index is 0.00256. The first kappa shape index (κ1) is 17.3. The second kappa shape index (κ2) is 8.55. The molecule has 0 atom stereocenters. The molecule has 0 aliphatic rings. The highest BCUT2D eigenvalue weighted by atomic mass is 32.1. The van der Waals surface area contributed by atoms with Crippen molar-refractivity contribution in [2.45, 2.75) is 13.1 Å². The third-order valence-corrected chi connectivity index (χ3v) is 4.25. The minimum Gasteiger partial charge on any atom is -0.493 e. The highest BCUT2D eigenvalue weighted by Crippen LogP contribution is 2.31. The summed E-state index contributed by atoms with van der Waals surface area (Å²) in [6.45, 7) is 1.51. The molecule has 0 unspecified atom stereocenters. The fourth-order valence-corrected chi connectivity index (χ4v) is 2.97. The molecule has 0 fully saturated rings. The number of ether oxygens (including phenoxy) is 2. The number of methoxy groups -OCH3 is 2. The SMILES string of the molecule is COc1cccc(CN(C)CC(=O)NCc2cccs2)c1OC. The maximum atomic E-state index is 12.0. The third-order valence-electron chi connectivity index (χ3n) is 3.38. The number of carbonyl (C=O) groups excluding carboxylic acids is 1. The van der Waals surface area contributed by atoms with Crippen molar-refractivity contribution in [1.82, 2.24) is 10.2 Å². The molecule has 0 spiro atoms. The maximum Gasteiger partial charge on any atom is 0.234 e. The van der Waals surface area contributed by atoms with Crippen LogP contribution in [0.4, 0.5) is 0 Å². The third kappa shape index (κ3) is 4.97. The molecule has 0 bridgehead atoms. The minimum absolute atomic E-state index is 0.00256. The Morgan fingerprint density at radius 3 is 2.70 bits per heavy atom. The first-order chi connectivity index (χ1) is 11.1. The quantitative estimate of drug-likeness (QED) is 0.806. The van der Waals surface area contributed by atoms with E-state index < -0.39 is 0 Å². The topological polar surface area (TPSA) is 50.8 Å². The molecule has 0 aliphatic heterocycles. The maximum absolute atomic E-state index is 12.0. The molecular weight excluding hydrogens is 312 g/mol. The van der Waals surface area contributed by atoms with Crippen LogP contribution in [-0.2, 0) is 17.9 Å². The van der Waals surface area contributed by atoms with Crippen molar-refractivity contribution in [1.29, 1.82) is 0 Å². The average Bonchev–Trinajstić information content (AvgIpc) is 3.06. The van der Waals surface area contributed by atoms with E-state index in [9.17, 15) is 4.79 Å². The van der Waals surface area contributed by atoms with Crippen molar-refractivity contribution in [3.63, 3.8) is 0 Å². The standard InChI is InChI=1S/C17H22N2O3S/c1-19(12-16(20)18-10-14-7-5-9-23-14)11-13-6-4-8-15(21-2)17(13)22-3/h4-9H,10-12H2,1-3H3,(H,18,20). The van der Waals surface area contributed by atoms with Crippen LogP contribution in [0.1, 0.15) is 10.4 Å². The van der Waals surface area contributed by atoms with Crippen LogP contribution in [0.25, 0.3) is 0 Å². The summed E-state index contributed by atoms with van der Waals surface area (Å²) >= 11 is 1.64. The van der Waals surface area contributed by atoms with Gasteiger partial charge in [-0.05, 0) is 24.6 Å².